The van der Waals surface area contributed by atoms with E-state index in [1.165, 1.54) is 9.70 Å². The van der Waals surface area contributed by atoms with Crippen molar-refractivity contribution in [3.63, 3.8) is 0 Å². The van der Waals surface area contributed by atoms with Gasteiger partial charge in [-0.3, -0.25) is 9.59 Å². The van der Waals surface area contributed by atoms with Crippen molar-refractivity contribution in [1.82, 2.24) is 30.4 Å². The van der Waals surface area contributed by atoms with Crippen molar-refractivity contribution in [2.75, 3.05) is 6.54 Å². The average Bonchev–Trinajstić information content (AvgIpc) is 2.75. The molecule has 2 amide bonds. The molecular weight excluding hydrogens is 236 g/mol. The van der Waals surface area contributed by atoms with Gasteiger partial charge in [-0.25, -0.2) is 0 Å². The minimum absolute atomic E-state index is 0.0225. The van der Waals surface area contributed by atoms with Gasteiger partial charge in [-0.1, -0.05) is 6.92 Å². The van der Waals surface area contributed by atoms with E-state index in [9.17, 15) is 9.59 Å². The SMILES string of the molecule is CCC1(C)C(=O)NCC(=O)N1Cc1nnn(C)n1. The van der Waals surface area contributed by atoms with Crippen LogP contribution >= 0.6 is 0 Å². The summed E-state index contributed by atoms with van der Waals surface area (Å²) in [6, 6.07) is 0. The van der Waals surface area contributed by atoms with Crippen molar-refractivity contribution < 1.29 is 9.59 Å². The summed E-state index contributed by atoms with van der Waals surface area (Å²) in [6.07, 6.45) is 0.533. The van der Waals surface area contributed by atoms with Crippen molar-refractivity contribution in [3.05, 3.63) is 5.82 Å². The molecule has 0 bridgehead atoms. The molecule has 1 N–H and O–H groups in total. The number of nitrogens with one attached hydrogen (secondary N) is 1. The van der Waals surface area contributed by atoms with Crippen LogP contribution in [0.25, 0.3) is 0 Å². The molecule has 1 aromatic heterocycles. The van der Waals surface area contributed by atoms with Gasteiger partial charge in [0.25, 0.3) is 0 Å². The van der Waals surface area contributed by atoms with Crippen molar-refractivity contribution in [2.24, 2.45) is 7.05 Å². The third-order valence-electron chi connectivity index (χ3n) is 3.32. The van der Waals surface area contributed by atoms with E-state index < -0.39 is 5.54 Å². The Hall–Kier alpha value is -1.99. The van der Waals surface area contributed by atoms with Crippen LogP contribution in [0, 0.1) is 0 Å². The molecule has 98 valence electrons. The molecule has 1 aliphatic rings. The molecule has 1 aromatic rings. The number of rotatable bonds is 3. The second-order valence-corrected chi connectivity index (χ2v) is 4.49. The molecule has 1 saturated heterocycles. The summed E-state index contributed by atoms with van der Waals surface area (Å²) < 4.78 is 0. The number of hydrogen-bond donors (Lipinski definition) is 1. The first kappa shape index (κ1) is 12.5. The van der Waals surface area contributed by atoms with Crippen LogP contribution in [0.5, 0.6) is 0 Å². The zero-order valence-electron chi connectivity index (χ0n) is 10.7. The van der Waals surface area contributed by atoms with Crippen LogP contribution < -0.4 is 5.32 Å². The number of nitrogens with zero attached hydrogens (tertiary/aromatic N) is 5. The number of piperazine rings is 1. The van der Waals surface area contributed by atoms with Crippen molar-refractivity contribution >= 4 is 11.8 Å². The summed E-state index contributed by atoms with van der Waals surface area (Å²) in [7, 11) is 1.65. The van der Waals surface area contributed by atoms with Gasteiger partial charge in [0.15, 0.2) is 5.82 Å². The Bertz CT molecular complexity index is 484. The lowest BCUT2D eigenvalue weighted by atomic mass is 9.92. The first-order valence-electron chi connectivity index (χ1n) is 5.79. The van der Waals surface area contributed by atoms with Crippen LogP contribution in [0.3, 0.4) is 0 Å². The third-order valence-corrected chi connectivity index (χ3v) is 3.32. The number of aromatic nitrogens is 4. The smallest absolute Gasteiger partial charge is 0.246 e. The largest absolute Gasteiger partial charge is 0.345 e. The highest BCUT2D eigenvalue weighted by Crippen LogP contribution is 2.24. The number of carbonyl (C=O) groups excluding carboxylic acids is 2. The van der Waals surface area contributed by atoms with Crippen molar-refractivity contribution in [3.8, 4) is 0 Å². The molecule has 1 unspecified atom stereocenters. The Kier molecular flexibility index (Phi) is 3.02. The number of aryl methyl sites for hydroxylation is 1. The van der Waals surface area contributed by atoms with Gasteiger partial charge in [-0.05, 0) is 18.6 Å². The fourth-order valence-corrected chi connectivity index (χ4v) is 1.98. The Labute approximate surface area is 104 Å². The van der Waals surface area contributed by atoms with Gasteiger partial charge in [0, 0.05) is 0 Å². The number of amides is 2. The fraction of sp³-hybridized carbons (Fsp3) is 0.700. The van der Waals surface area contributed by atoms with E-state index >= 15 is 0 Å². The fourth-order valence-electron chi connectivity index (χ4n) is 1.98. The first-order valence-corrected chi connectivity index (χ1v) is 5.79. The van der Waals surface area contributed by atoms with Crippen LogP contribution in [0.2, 0.25) is 0 Å². The third kappa shape index (κ3) is 1.93. The van der Waals surface area contributed by atoms with Crippen LogP contribution in [0.4, 0.5) is 0 Å². The maximum atomic E-state index is 12.0. The van der Waals surface area contributed by atoms with Gasteiger partial charge in [0.05, 0.1) is 20.1 Å². The highest BCUT2D eigenvalue weighted by atomic mass is 16.2. The molecule has 8 heteroatoms. The lowest BCUT2D eigenvalue weighted by Gasteiger charge is -2.42. The van der Waals surface area contributed by atoms with Crippen molar-refractivity contribution in [1.29, 1.82) is 0 Å². The molecular formula is C10H16N6O2. The zero-order valence-corrected chi connectivity index (χ0v) is 10.7. The predicted molar refractivity (Wildman–Crippen MR) is 61.1 cm³/mol. The van der Waals surface area contributed by atoms with Gasteiger partial charge in [-0.15, -0.1) is 10.2 Å². The molecule has 2 heterocycles. The monoisotopic (exact) mass is 252 g/mol. The first-order chi connectivity index (χ1) is 8.47. The normalized spacial score (nSPS) is 24.3. The van der Waals surface area contributed by atoms with Crippen LogP contribution in [0.1, 0.15) is 26.1 Å². The van der Waals surface area contributed by atoms with Crippen LogP contribution in [0.15, 0.2) is 0 Å². The lowest BCUT2D eigenvalue weighted by Crippen LogP contribution is -2.65. The lowest BCUT2D eigenvalue weighted by molar-refractivity contribution is -0.153. The Morgan fingerprint density at radius 1 is 1.44 bits per heavy atom. The summed E-state index contributed by atoms with van der Waals surface area (Å²) in [5.74, 6) is 0.153. The number of hydrogen-bond acceptors (Lipinski definition) is 5. The maximum absolute atomic E-state index is 12.0. The maximum Gasteiger partial charge on any atom is 0.246 e. The number of tetrazole rings is 1. The summed E-state index contributed by atoms with van der Waals surface area (Å²) >= 11 is 0. The average molecular weight is 252 g/mol. The molecule has 18 heavy (non-hydrogen) atoms. The highest BCUT2D eigenvalue weighted by molar-refractivity contribution is 5.97. The van der Waals surface area contributed by atoms with E-state index in [4.69, 9.17) is 0 Å². The van der Waals surface area contributed by atoms with Crippen LogP contribution in [-0.2, 0) is 23.2 Å². The Morgan fingerprint density at radius 3 is 2.72 bits per heavy atom. The molecule has 1 atom stereocenters. The van der Waals surface area contributed by atoms with E-state index in [1.54, 1.807) is 14.0 Å². The van der Waals surface area contributed by atoms with Gasteiger partial charge < -0.3 is 10.2 Å². The Morgan fingerprint density at radius 2 is 2.17 bits per heavy atom. The topological polar surface area (TPSA) is 93.0 Å². The van der Waals surface area contributed by atoms with Gasteiger partial charge in [0.1, 0.15) is 5.54 Å². The quantitative estimate of drug-likeness (QED) is 0.732. The minimum atomic E-state index is -0.853. The molecule has 1 fully saturated rings. The second-order valence-electron chi connectivity index (χ2n) is 4.49. The van der Waals surface area contributed by atoms with E-state index in [-0.39, 0.29) is 24.9 Å². The van der Waals surface area contributed by atoms with Gasteiger partial charge >= 0.3 is 0 Å². The predicted octanol–water partition coefficient (Wildman–Crippen LogP) is -1.16. The zero-order chi connectivity index (χ0) is 13.3. The summed E-state index contributed by atoms with van der Waals surface area (Å²) in [5.41, 5.74) is -0.853. The number of carbonyl (C=O) groups is 2. The molecule has 0 aromatic carbocycles. The molecule has 1 aliphatic heterocycles. The minimum Gasteiger partial charge on any atom is -0.345 e. The Balaban J connectivity index is 2.26. The molecule has 0 spiro atoms. The second kappa shape index (κ2) is 4.35. The van der Waals surface area contributed by atoms with Crippen molar-refractivity contribution in [2.45, 2.75) is 32.4 Å². The standard InChI is InChI=1S/C10H16N6O2/c1-4-10(2)9(18)11-5-8(17)16(10)6-7-12-14-15(3)13-7/h4-6H2,1-3H3,(H,11,18). The molecule has 0 saturated carbocycles. The molecule has 2 rings (SSSR count). The van der Waals surface area contributed by atoms with E-state index in [0.717, 1.165) is 0 Å². The summed E-state index contributed by atoms with van der Waals surface area (Å²) in [5, 5.41) is 14.2. The van der Waals surface area contributed by atoms with E-state index in [2.05, 4.69) is 20.7 Å². The van der Waals surface area contributed by atoms with E-state index in [0.29, 0.717) is 12.2 Å². The molecule has 8 nitrogen and oxygen atoms in total. The van der Waals surface area contributed by atoms with Gasteiger partial charge in [-0.2, -0.15) is 4.80 Å². The molecule has 0 aliphatic carbocycles. The highest BCUT2D eigenvalue weighted by Gasteiger charge is 2.44. The summed E-state index contributed by atoms with van der Waals surface area (Å²) in [6.45, 7) is 3.84. The van der Waals surface area contributed by atoms with Gasteiger partial charge in [0.2, 0.25) is 11.8 Å². The molecule has 0 radical (unpaired) electrons. The summed E-state index contributed by atoms with van der Waals surface area (Å²) in [4.78, 5) is 26.7. The van der Waals surface area contributed by atoms with E-state index in [1.807, 2.05) is 6.92 Å². The van der Waals surface area contributed by atoms with Crippen LogP contribution in [-0.4, -0.2) is 49.0 Å².